The van der Waals surface area contributed by atoms with E-state index in [1.165, 1.54) is 17.0 Å². The Bertz CT molecular complexity index is 951. The molecule has 2 N–H and O–H groups in total. The number of hydrogen-bond donors (Lipinski definition) is 2. The van der Waals surface area contributed by atoms with E-state index in [2.05, 4.69) is 15.5 Å². The highest BCUT2D eigenvalue weighted by molar-refractivity contribution is 6.04. The molecular formula is C18H15FN4O2. The molecule has 0 saturated carbocycles. The summed E-state index contributed by atoms with van der Waals surface area (Å²) < 4.78 is 13.0. The number of aromatic nitrogens is 2. The molecule has 3 aromatic rings. The standard InChI is InChI=1S/C18H15FN4O2/c19-13-1-4-15(5-2-13)23-10-12(8-17(23)24)18(25)21-14-3-6-16-11(7-14)9-20-22-16/h1-7,9,12H,8,10H2,(H,20,22)(H,21,25). The summed E-state index contributed by atoms with van der Waals surface area (Å²) in [7, 11) is 0. The van der Waals surface area contributed by atoms with Gasteiger partial charge in [0.15, 0.2) is 0 Å². The molecule has 0 radical (unpaired) electrons. The minimum Gasteiger partial charge on any atom is -0.326 e. The fraction of sp³-hybridized carbons (Fsp3) is 0.167. The Labute approximate surface area is 142 Å². The lowest BCUT2D eigenvalue weighted by Gasteiger charge is -2.16. The Kier molecular flexibility index (Phi) is 3.68. The van der Waals surface area contributed by atoms with Gasteiger partial charge in [-0.1, -0.05) is 0 Å². The van der Waals surface area contributed by atoms with Gasteiger partial charge in [0.1, 0.15) is 5.82 Å². The normalized spacial score (nSPS) is 17.2. The summed E-state index contributed by atoms with van der Waals surface area (Å²) in [6.07, 6.45) is 1.82. The van der Waals surface area contributed by atoms with Crippen LogP contribution >= 0.6 is 0 Å². The van der Waals surface area contributed by atoms with Crippen molar-refractivity contribution in [2.45, 2.75) is 6.42 Å². The highest BCUT2D eigenvalue weighted by Gasteiger charge is 2.35. The maximum absolute atomic E-state index is 13.0. The predicted molar refractivity (Wildman–Crippen MR) is 91.6 cm³/mol. The SMILES string of the molecule is O=C(Nc1ccc2[nH]ncc2c1)C1CC(=O)N(c2ccc(F)cc2)C1. The first kappa shape index (κ1) is 15.3. The van der Waals surface area contributed by atoms with E-state index < -0.39 is 5.92 Å². The van der Waals surface area contributed by atoms with E-state index in [1.54, 1.807) is 24.4 Å². The fourth-order valence-corrected chi connectivity index (χ4v) is 3.02. The van der Waals surface area contributed by atoms with Gasteiger partial charge in [-0.2, -0.15) is 5.10 Å². The Morgan fingerprint density at radius 2 is 2.04 bits per heavy atom. The average Bonchev–Trinajstić information content (AvgIpc) is 3.22. The number of nitrogens with one attached hydrogen (secondary N) is 2. The lowest BCUT2D eigenvalue weighted by atomic mass is 10.1. The van der Waals surface area contributed by atoms with Crippen LogP contribution in [0.3, 0.4) is 0 Å². The number of amides is 2. The molecule has 7 heteroatoms. The molecule has 2 aromatic carbocycles. The van der Waals surface area contributed by atoms with Crippen LogP contribution in [-0.2, 0) is 9.59 Å². The van der Waals surface area contributed by atoms with Crippen LogP contribution in [0.1, 0.15) is 6.42 Å². The topological polar surface area (TPSA) is 78.1 Å². The number of benzene rings is 2. The molecule has 126 valence electrons. The molecule has 1 atom stereocenters. The van der Waals surface area contributed by atoms with Crippen LogP contribution in [0.5, 0.6) is 0 Å². The maximum Gasteiger partial charge on any atom is 0.229 e. The number of hydrogen-bond acceptors (Lipinski definition) is 3. The van der Waals surface area contributed by atoms with Crippen LogP contribution in [0.4, 0.5) is 15.8 Å². The van der Waals surface area contributed by atoms with Gasteiger partial charge in [0.2, 0.25) is 11.8 Å². The second kappa shape index (κ2) is 6.01. The molecule has 6 nitrogen and oxygen atoms in total. The van der Waals surface area contributed by atoms with Gasteiger partial charge in [-0.15, -0.1) is 0 Å². The quantitative estimate of drug-likeness (QED) is 0.771. The van der Waals surface area contributed by atoms with Crippen molar-refractivity contribution in [3.8, 4) is 0 Å². The van der Waals surface area contributed by atoms with Crippen molar-refractivity contribution in [1.29, 1.82) is 0 Å². The molecule has 2 heterocycles. The van der Waals surface area contributed by atoms with Gasteiger partial charge in [-0.25, -0.2) is 4.39 Å². The molecule has 1 aliphatic rings. The number of aromatic amines is 1. The largest absolute Gasteiger partial charge is 0.326 e. The summed E-state index contributed by atoms with van der Waals surface area (Å²) in [6, 6.07) is 11.1. The summed E-state index contributed by atoms with van der Waals surface area (Å²) in [6.45, 7) is 0.282. The summed E-state index contributed by atoms with van der Waals surface area (Å²) in [5, 5.41) is 10.5. The van der Waals surface area contributed by atoms with E-state index in [1.807, 2.05) is 12.1 Å². The molecule has 1 fully saturated rings. The highest BCUT2D eigenvalue weighted by Crippen LogP contribution is 2.26. The molecule has 0 aliphatic carbocycles. The van der Waals surface area contributed by atoms with Gasteiger partial charge in [0.05, 0.1) is 17.6 Å². The van der Waals surface area contributed by atoms with Gasteiger partial charge < -0.3 is 10.2 Å². The lowest BCUT2D eigenvalue weighted by molar-refractivity contribution is -0.122. The van der Waals surface area contributed by atoms with Crippen LogP contribution in [0, 0.1) is 11.7 Å². The number of anilines is 2. The van der Waals surface area contributed by atoms with E-state index in [0.29, 0.717) is 11.4 Å². The molecule has 4 rings (SSSR count). The molecule has 0 spiro atoms. The van der Waals surface area contributed by atoms with Crippen LogP contribution in [0.25, 0.3) is 10.9 Å². The molecule has 0 bridgehead atoms. The maximum atomic E-state index is 13.0. The molecule has 2 amide bonds. The molecule has 1 unspecified atom stereocenters. The zero-order valence-electron chi connectivity index (χ0n) is 13.2. The first-order valence-electron chi connectivity index (χ1n) is 7.90. The monoisotopic (exact) mass is 338 g/mol. The van der Waals surface area contributed by atoms with E-state index in [-0.39, 0.29) is 30.6 Å². The van der Waals surface area contributed by atoms with Crippen LogP contribution in [0.15, 0.2) is 48.7 Å². The fourth-order valence-electron chi connectivity index (χ4n) is 3.02. The zero-order valence-corrected chi connectivity index (χ0v) is 13.2. The second-order valence-corrected chi connectivity index (χ2v) is 6.04. The first-order valence-corrected chi connectivity index (χ1v) is 7.90. The summed E-state index contributed by atoms with van der Waals surface area (Å²) in [4.78, 5) is 26.2. The van der Waals surface area contributed by atoms with Gasteiger partial charge in [-0.05, 0) is 42.5 Å². The number of halogens is 1. The number of carbonyl (C=O) groups is 2. The smallest absolute Gasteiger partial charge is 0.229 e. The van der Waals surface area contributed by atoms with Crippen molar-refractivity contribution in [3.63, 3.8) is 0 Å². The number of rotatable bonds is 3. The lowest BCUT2D eigenvalue weighted by Crippen LogP contribution is -2.28. The minimum absolute atomic E-state index is 0.136. The van der Waals surface area contributed by atoms with Crippen molar-refractivity contribution in [2.75, 3.05) is 16.8 Å². The summed E-state index contributed by atoms with van der Waals surface area (Å²) >= 11 is 0. The number of H-pyrrole nitrogens is 1. The van der Waals surface area contributed by atoms with Gasteiger partial charge in [0.25, 0.3) is 0 Å². The van der Waals surface area contributed by atoms with Gasteiger partial charge in [0, 0.05) is 29.7 Å². The van der Waals surface area contributed by atoms with Crippen molar-refractivity contribution >= 4 is 34.1 Å². The average molecular weight is 338 g/mol. The number of carbonyl (C=O) groups excluding carboxylic acids is 2. The Hall–Kier alpha value is -3.22. The Balaban J connectivity index is 1.47. The van der Waals surface area contributed by atoms with E-state index >= 15 is 0 Å². The summed E-state index contributed by atoms with van der Waals surface area (Å²) in [5.41, 5.74) is 2.14. The highest BCUT2D eigenvalue weighted by atomic mass is 19.1. The van der Waals surface area contributed by atoms with E-state index in [0.717, 1.165) is 10.9 Å². The van der Waals surface area contributed by atoms with Crippen LogP contribution < -0.4 is 10.2 Å². The third kappa shape index (κ3) is 2.96. The molecule has 25 heavy (non-hydrogen) atoms. The minimum atomic E-state index is -0.447. The third-order valence-corrected chi connectivity index (χ3v) is 4.34. The Morgan fingerprint density at radius 3 is 2.84 bits per heavy atom. The third-order valence-electron chi connectivity index (χ3n) is 4.34. The summed E-state index contributed by atoms with van der Waals surface area (Å²) in [5.74, 6) is -1.16. The van der Waals surface area contributed by atoms with E-state index in [4.69, 9.17) is 0 Å². The van der Waals surface area contributed by atoms with E-state index in [9.17, 15) is 14.0 Å². The molecule has 1 aliphatic heterocycles. The second-order valence-electron chi connectivity index (χ2n) is 6.04. The van der Waals surface area contributed by atoms with Gasteiger partial charge >= 0.3 is 0 Å². The Morgan fingerprint density at radius 1 is 1.24 bits per heavy atom. The van der Waals surface area contributed by atoms with Crippen LogP contribution in [-0.4, -0.2) is 28.6 Å². The van der Waals surface area contributed by atoms with Crippen molar-refractivity contribution in [2.24, 2.45) is 5.92 Å². The molecule has 1 saturated heterocycles. The molecule has 1 aromatic heterocycles. The van der Waals surface area contributed by atoms with Crippen molar-refractivity contribution in [1.82, 2.24) is 10.2 Å². The van der Waals surface area contributed by atoms with Crippen molar-refractivity contribution < 1.29 is 14.0 Å². The predicted octanol–water partition coefficient (Wildman–Crippen LogP) is 2.69. The number of nitrogens with zero attached hydrogens (tertiary/aromatic N) is 2. The van der Waals surface area contributed by atoms with Crippen LogP contribution in [0.2, 0.25) is 0 Å². The first-order chi connectivity index (χ1) is 12.1. The van der Waals surface area contributed by atoms with Crippen molar-refractivity contribution in [3.05, 3.63) is 54.5 Å². The zero-order chi connectivity index (χ0) is 17.4. The molecular weight excluding hydrogens is 323 g/mol. The number of fused-ring (bicyclic) bond motifs is 1. The van der Waals surface area contributed by atoms with Gasteiger partial charge in [-0.3, -0.25) is 14.7 Å².